The molecule has 170 valence electrons. The zero-order chi connectivity index (χ0) is 22.8. The van der Waals surface area contributed by atoms with Crippen molar-refractivity contribution in [3.63, 3.8) is 0 Å². The van der Waals surface area contributed by atoms with E-state index in [9.17, 15) is 0 Å². The van der Waals surface area contributed by atoms with E-state index in [0.29, 0.717) is 11.6 Å². The third-order valence-corrected chi connectivity index (χ3v) is 8.07. The molecule has 0 radical (unpaired) electrons. The van der Waals surface area contributed by atoms with Gasteiger partial charge in [-0.3, -0.25) is 0 Å². The fourth-order valence-electron chi connectivity index (χ4n) is 4.94. The molecular formula is C29H32N2OS. The number of rotatable bonds is 7. The van der Waals surface area contributed by atoms with Crippen LogP contribution in [0, 0.1) is 12.3 Å². The van der Waals surface area contributed by atoms with Gasteiger partial charge in [0.15, 0.2) is 0 Å². The van der Waals surface area contributed by atoms with Gasteiger partial charge in [-0.2, -0.15) is 0 Å². The molecule has 0 bridgehead atoms. The number of piperidine rings is 1. The first kappa shape index (κ1) is 22.1. The normalized spacial score (nSPS) is 15.3. The number of benzene rings is 3. The molecule has 1 aromatic heterocycles. The molecule has 3 nitrogen and oxygen atoms in total. The van der Waals surface area contributed by atoms with Crippen LogP contribution in [-0.4, -0.2) is 36.9 Å². The van der Waals surface area contributed by atoms with Crippen molar-refractivity contribution in [2.24, 2.45) is 0 Å². The van der Waals surface area contributed by atoms with Crippen molar-refractivity contribution < 1.29 is 4.74 Å². The minimum atomic E-state index is 0.615. The Morgan fingerprint density at radius 2 is 1.82 bits per heavy atom. The summed E-state index contributed by atoms with van der Waals surface area (Å²) in [6.07, 6.45) is 3.51. The summed E-state index contributed by atoms with van der Waals surface area (Å²) < 4.78 is 7.35. The van der Waals surface area contributed by atoms with E-state index in [0.717, 1.165) is 35.6 Å². The molecule has 0 amide bonds. The van der Waals surface area contributed by atoms with Crippen LogP contribution in [0.5, 0.6) is 5.75 Å². The molecule has 5 rings (SSSR count). The van der Waals surface area contributed by atoms with Crippen molar-refractivity contribution in [2.45, 2.75) is 39.0 Å². The van der Waals surface area contributed by atoms with Crippen LogP contribution in [0.1, 0.15) is 48.1 Å². The number of fused-ring (bicyclic) bond motifs is 2. The lowest BCUT2D eigenvalue weighted by molar-refractivity contribution is 0.193. The second kappa shape index (κ2) is 9.66. The van der Waals surface area contributed by atoms with E-state index in [1.54, 1.807) is 11.3 Å². The molecule has 4 heteroatoms. The van der Waals surface area contributed by atoms with Gasteiger partial charge in [-0.1, -0.05) is 48.0 Å². The lowest BCUT2D eigenvalue weighted by Crippen LogP contribution is -2.34. The lowest BCUT2D eigenvalue weighted by Gasteiger charge is -2.32. The number of likely N-dealkylation sites (tertiary alicyclic amines) is 1. The maximum Gasteiger partial charge on any atom is 0.127 e. The molecule has 1 aliphatic heterocycles. The number of hydrogen-bond acceptors (Lipinski definition) is 4. The number of nitrogens with zero attached hydrogens (tertiary/aromatic N) is 1. The molecule has 2 heterocycles. The predicted octanol–water partition coefficient (Wildman–Crippen LogP) is 7.40. The number of aryl methyl sites for hydroxylation is 1. The highest BCUT2D eigenvalue weighted by Crippen LogP contribution is 2.33. The van der Waals surface area contributed by atoms with E-state index in [1.165, 1.54) is 52.5 Å². The summed E-state index contributed by atoms with van der Waals surface area (Å²) in [7, 11) is 0. The Balaban J connectivity index is 1.11. The summed E-state index contributed by atoms with van der Waals surface area (Å²) in [4.78, 5) is 3.61. The maximum absolute atomic E-state index is 7.90. The van der Waals surface area contributed by atoms with Crippen molar-refractivity contribution in [3.8, 4) is 5.75 Å². The Morgan fingerprint density at radius 1 is 1.03 bits per heavy atom. The molecule has 0 saturated carbocycles. The molecule has 1 N–H and O–H groups in total. The summed E-state index contributed by atoms with van der Waals surface area (Å²) in [6.45, 7) is 8.16. The van der Waals surface area contributed by atoms with E-state index >= 15 is 0 Å². The van der Waals surface area contributed by atoms with Gasteiger partial charge in [0.1, 0.15) is 5.75 Å². The Bertz CT molecular complexity index is 1280. The van der Waals surface area contributed by atoms with E-state index in [1.807, 2.05) is 6.92 Å². The quantitative estimate of drug-likeness (QED) is 0.232. The molecule has 0 spiro atoms. The molecule has 0 aliphatic carbocycles. The van der Waals surface area contributed by atoms with Crippen molar-refractivity contribution in [1.29, 1.82) is 5.41 Å². The average Bonchev–Trinajstić information content (AvgIpc) is 3.28. The Labute approximate surface area is 200 Å². The number of ether oxygens (including phenoxy) is 1. The highest BCUT2D eigenvalue weighted by Gasteiger charge is 2.20. The predicted molar refractivity (Wildman–Crippen MR) is 142 cm³/mol. The second-order valence-corrected chi connectivity index (χ2v) is 10.4. The summed E-state index contributed by atoms with van der Waals surface area (Å²) in [5, 5.41) is 11.7. The largest absolute Gasteiger partial charge is 0.493 e. The summed E-state index contributed by atoms with van der Waals surface area (Å²) in [6, 6.07) is 22.1. The fraction of sp³-hybridized carbons (Fsp3) is 0.345. The molecule has 4 aromatic rings. The lowest BCUT2D eigenvalue weighted by atomic mass is 9.88. The standard InChI is InChI=1S/C29H32N2OS/c1-20-7-8-25-18-24(10-9-23(25)17-20)22-11-14-31(15-12-22)13-4-16-32-27-5-3-6-28-26(27)19-29(33-28)21(2)30/h3,5-10,17-19,22,30H,4,11-16H2,1-2H3. The van der Waals surface area contributed by atoms with E-state index in [-0.39, 0.29) is 0 Å². The van der Waals surface area contributed by atoms with Crippen molar-refractivity contribution in [1.82, 2.24) is 4.90 Å². The molecular weight excluding hydrogens is 424 g/mol. The summed E-state index contributed by atoms with van der Waals surface area (Å²) in [5.74, 6) is 1.62. The topological polar surface area (TPSA) is 36.3 Å². The molecule has 1 saturated heterocycles. The third-order valence-electron chi connectivity index (χ3n) is 6.85. The molecule has 3 aromatic carbocycles. The van der Waals surface area contributed by atoms with Gasteiger partial charge >= 0.3 is 0 Å². The van der Waals surface area contributed by atoms with Crippen LogP contribution >= 0.6 is 11.3 Å². The van der Waals surface area contributed by atoms with Gasteiger partial charge in [-0.25, -0.2) is 0 Å². The summed E-state index contributed by atoms with van der Waals surface area (Å²) >= 11 is 1.67. The molecule has 0 unspecified atom stereocenters. The van der Waals surface area contributed by atoms with Crippen LogP contribution in [0.15, 0.2) is 60.7 Å². The third kappa shape index (κ3) is 4.97. The van der Waals surface area contributed by atoms with E-state index in [4.69, 9.17) is 10.1 Å². The fourth-order valence-corrected chi connectivity index (χ4v) is 5.93. The second-order valence-electron chi connectivity index (χ2n) is 9.33. The first-order valence-corrected chi connectivity index (χ1v) is 12.8. The Morgan fingerprint density at radius 3 is 2.64 bits per heavy atom. The van der Waals surface area contributed by atoms with Gasteiger partial charge in [0.25, 0.3) is 0 Å². The number of thiophene rings is 1. The van der Waals surface area contributed by atoms with Crippen molar-refractivity contribution >= 4 is 37.9 Å². The number of hydrogen-bond donors (Lipinski definition) is 1. The molecule has 0 atom stereocenters. The summed E-state index contributed by atoms with van der Waals surface area (Å²) in [5.41, 5.74) is 3.44. The van der Waals surface area contributed by atoms with Gasteiger partial charge in [-0.05, 0) is 86.7 Å². The minimum absolute atomic E-state index is 0.615. The molecule has 1 aliphatic rings. The minimum Gasteiger partial charge on any atom is -0.493 e. The van der Waals surface area contributed by atoms with Gasteiger partial charge in [0, 0.05) is 27.2 Å². The van der Waals surface area contributed by atoms with Gasteiger partial charge in [-0.15, -0.1) is 11.3 Å². The Kier molecular flexibility index (Phi) is 6.48. The van der Waals surface area contributed by atoms with Gasteiger partial charge in [0.05, 0.1) is 6.61 Å². The smallest absolute Gasteiger partial charge is 0.127 e. The van der Waals surface area contributed by atoms with Crippen molar-refractivity contribution in [2.75, 3.05) is 26.2 Å². The van der Waals surface area contributed by atoms with Crippen LogP contribution < -0.4 is 4.74 Å². The number of nitrogens with one attached hydrogen (secondary N) is 1. The molecule has 33 heavy (non-hydrogen) atoms. The maximum atomic E-state index is 7.90. The SMILES string of the molecule is CC(=N)c1cc2c(OCCCN3CCC(c4ccc5cc(C)ccc5c4)CC3)cccc2s1. The zero-order valence-electron chi connectivity index (χ0n) is 19.6. The first-order chi connectivity index (χ1) is 16.1. The van der Waals surface area contributed by atoms with E-state index < -0.39 is 0 Å². The van der Waals surface area contributed by atoms with Gasteiger partial charge < -0.3 is 15.0 Å². The van der Waals surface area contributed by atoms with Crippen LogP contribution in [0.3, 0.4) is 0 Å². The van der Waals surface area contributed by atoms with Crippen molar-refractivity contribution in [3.05, 3.63) is 76.7 Å². The van der Waals surface area contributed by atoms with E-state index in [2.05, 4.69) is 72.5 Å². The monoisotopic (exact) mass is 456 g/mol. The highest BCUT2D eigenvalue weighted by atomic mass is 32.1. The Hall–Kier alpha value is -2.69. The van der Waals surface area contributed by atoms with Crippen LogP contribution in [-0.2, 0) is 0 Å². The van der Waals surface area contributed by atoms with Crippen LogP contribution in [0.2, 0.25) is 0 Å². The molecule has 1 fully saturated rings. The zero-order valence-corrected chi connectivity index (χ0v) is 20.4. The van der Waals surface area contributed by atoms with Crippen LogP contribution in [0.25, 0.3) is 20.9 Å². The van der Waals surface area contributed by atoms with Crippen LogP contribution in [0.4, 0.5) is 0 Å². The average molecular weight is 457 g/mol. The highest BCUT2D eigenvalue weighted by molar-refractivity contribution is 7.20. The van der Waals surface area contributed by atoms with Gasteiger partial charge in [0.2, 0.25) is 0 Å². The first-order valence-electron chi connectivity index (χ1n) is 12.0.